The van der Waals surface area contributed by atoms with E-state index in [1.165, 1.54) is 6.20 Å². The third-order valence-corrected chi connectivity index (χ3v) is 2.11. The predicted molar refractivity (Wildman–Crippen MR) is 53.9 cm³/mol. The SMILES string of the molecule is CC(C)C(C)Oc1ccc(C#N)cn1. The van der Waals surface area contributed by atoms with Crippen LogP contribution < -0.4 is 4.74 Å². The highest BCUT2D eigenvalue weighted by Gasteiger charge is 2.08. The maximum Gasteiger partial charge on any atom is 0.213 e. The van der Waals surface area contributed by atoms with Gasteiger partial charge in [-0.3, -0.25) is 0 Å². The van der Waals surface area contributed by atoms with Crippen LogP contribution in [0.5, 0.6) is 5.88 Å². The molecule has 0 amide bonds. The fourth-order valence-electron chi connectivity index (χ4n) is 0.843. The van der Waals surface area contributed by atoms with Gasteiger partial charge < -0.3 is 4.74 Å². The van der Waals surface area contributed by atoms with Crippen molar-refractivity contribution < 1.29 is 4.74 Å². The Bertz CT molecular complexity index is 324. The molecule has 0 bridgehead atoms. The third kappa shape index (κ3) is 2.74. The smallest absolute Gasteiger partial charge is 0.213 e. The van der Waals surface area contributed by atoms with E-state index >= 15 is 0 Å². The molecular formula is C11H14N2O. The predicted octanol–water partition coefficient (Wildman–Crippen LogP) is 2.38. The van der Waals surface area contributed by atoms with Gasteiger partial charge in [-0.05, 0) is 18.9 Å². The van der Waals surface area contributed by atoms with Crippen LogP contribution in [0.3, 0.4) is 0 Å². The number of rotatable bonds is 3. The molecule has 0 fully saturated rings. The first-order valence-corrected chi connectivity index (χ1v) is 4.66. The van der Waals surface area contributed by atoms with Crippen LogP contribution in [-0.2, 0) is 0 Å². The molecule has 0 aliphatic rings. The lowest BCUT2D eigenvalue weighted by Gasteiger charge is -2.16. The quantitative estimate of drug-likeness (QED) is 0.735. The summed E-state index contributed by atoms with van der Waals surface area (Å²) in [6, 6.07) is 5.44. The van der Waals surface area contributed by atoms with Gasteiger partial charge in [0.05, 0.1) is 11.7 Å². The van der Waals surface area contributed by atoms with Crippen LogP contribution in [0.1, 0.15) is 26.3 Å². The molecule has 0 aromatic carbocycles. The average molecular weight is 190 g/mol. The zero-order valence-electron chi connectivity index (χ0n) is 8.69. The van der Waals surface area contributed by atoms with E-state index in [1.54, 1.807) is 12.1 Å². The Morgan fingerprint density at radius 3 is 2.50 bits per heavy atom. The first-order valence-electron chi connectivity index (χ1n) is 4.66. The van der Waals surface area contributed by atoms with Gasteiger partial charge in [0, 0.05) is 12.3 Å². The van der Waals surface area contributed by atoms with Crippen LogP contribution in [0, 0.1) is 17.2 Å². The molecule has 0 aliphatic heterocycles. The Hall–Kier alpha value is -1.56. The van der Waals surface area contributed by atoms with Gasteiger partial charge in [-0.25, -0.2) is 4.98 Å². The number of pyridine rings is 1. The van der Waals surface area contributed by atoms with Gasteiger partial charge in [-0.15, -0.1) is 0 Å². The van der Waals surface area contributed by atoms with Crippen molar-refractivity contribution in [3.63, 3.8) is 0 Å². The van der Waals surface area contributed by atoms with Crippen LogP contribution in [0.25, 0.3) is 0 Å². The molecule has 14 heavy (non-hydrogen) atoms. The van der Waals surface area contributed by atoms with Gasteiger partial charge in [0.2, 0.25) is 5.88 Å². The Morgan fingerprint density at radius 1 is 1.36 bits per heavy atom. The molecular weight excluding hydrogens is 176 g/mol. The second-order valence-electron chi connectivity index (χ2n) is 3.56. The Morgan fingerprint density at radius 2 is 2.07 bits per heavy atom. The molecule has 1 unspecified atom stereocenters. The Kier molecular flexibility index (Phi) is 3.47. The fraction of sp³-hybridized carbons (Fsp3) is 0.455. The number of nitriles is 1. The molecule has 0 saturated heterocycles. The first kappa shape index (κ1) is 10.5. The van der Waals surface area contributed by atoms with Crippen LogP contribution >= 0.6 is 0 Å². The molecule has 1 atom stereocenters. The zero-order valence-corrected chi connectivity index (χ0v) is 8.69. The summed E-state index contributed by atoms with van der Waals surface area (Å²) in [5, 5.41) is 8.57. The van der Waals surface area contributed by atoms with Gasteiger partial charge in [-0.1, -0.05) is 13.8 Å². The summed E-state index contributed by atoms with van der Waals surface area (Å²) in [6.45, 7) is 6.19. The summed E-state index contributed by atoms with van der Waals surface area (Å²) >= 11 is 0. The van der Waals surface area contributed by atoms with Crippen molar-refractivity contribution in [3.8, 4) is 11.9 Å². The van der Waals surface area contributed by atoms with Gasteiger partial charge in [0.1, 0.15) is 6.07 Å². The number of hydrogen-bond donors (Lipinski definition) is 0. The molecule has 3 nitrogen and oxygen atoms in total. The normalized spacial score (nSPS) is 12.2. The highest BCUT2D eigenvalue weighted by Crippen LogP contribution is 2.12. The van der Waals surface area contributed by atoms with E-state index in [-0.39, 0.29) is 6.10 Å². The Balaban J connectivity index is 2.65. The molecule has 1 rings (SSSR count). The largest absolute Gasteiger partial charge is 0.474 e. The van der Waals surface area contributed by atoms with Gasteiger partial charge in [0.25, 0.3) is 0 Å². The average Bonchev–Trinajstić information content (AvgIpc) is 2.19. The molecule has 0 spiro atoms. The van der Waals surface area contributed by atoms with E-state index in [2.05, 4.69) is 18.8 Å². The van der Waals surface area contributed by atoms with Crippen molar-refractivity contribution in [2.75, 3.05) is 0 Å². The van der Waals surface area contributed by atoms with Crippen molar-refractivity contribution in [2.45, 2.75) is 26.9 Å². The number of nitrogens with zero attached hydrogens (tertiary/aromatic N) is 2. The lowest BCUT2D eigenvalue weighted by atomic mass is 10.1. The summed E-state index contributed by atoms with van der Waals surface area (Å²) in [5.74, 6) is 1.03. The van der Waals surface area contributed by atoms with E-state index < -0.39 is 0 Å². The summed E-state index contributed by atoms with van der Waals surface area (Å²) in [6.07, 6.45) is 1.65. The maximum absolute atomic E-state index is 8.57. The van der Waals surface area contributed by atoms with E-state index in [0.29, 0.717) is 17.4 Å². The molecule has 0 radical (unpaired) electrons. The number of ether oxygens (including phenoxy) is 1. The minimum Gasteiger partial charge on any atom is -0.474 e. The molecule has 0 saturated carbocycles. The second-order valence-corrected chi connectivity index (χ2v) is 3.56. The second kappa shape index (κ2) is 4.61. The van der Waals surface area contributed by atoms with Crippen LogP contribution in [0.2, 0.25) is 0 Å². The van der Waals surface area contributed by atoms with E-state index in [9.17, 15) is 0 Å². The highest BCUT2D eigenvalue weighted by atomic mass is 16.5. The molecule has 1 aromatic heterocycles. The summed E-state index contributed by atoms with van der Waals surface area (Å²) in [5.41, 5.74) is 0.551. The zero-order chi connectivity index (χ0) is 10.6. The van der Waals surface area contributed by atoms with E-state index in [0.717, 1.165) is 0 Å². The lowest BCUT2D eigenvalue weighted by molar-refractivity contribution is 0.163. The van der Waals surface area contributed by atoms with Crippen molar-refractivity contribution in [1.82, 2.24) is 4.98 Å². The van der Waals surface area contributed by atoms with E-state index in [4.69, 9.17) is 10.00 Å². The Labute approximate surface area is 84.3 Å². The molecule has 0 aliphatic carbocycles. The molecule has 74 valence electrons. The number of hydrogen-bond acceptors (Lipinski definition) is 3. The summed E-state index contributed by atoms with van der Waals surface area (Å²) in [7, 11) is 0. The molecule has 3 heteroatoms. The monoisotopic (exact) mass is 190 g/mol. The molecule has 0 N–H and O–H groups in total. The highest BCUT2D eigenvalue weighted by molar-refractivity contribution is 5.28. The van der Waals surface area contributed by atoms with Gasteiger partial charge >= 0.3 is 0 Å². The minimum absolute atomic E-state index is 0.135. The van der Waals surface area contributed by atoms with Gasteiger partial charge in [0.15, 0.2) is 0 Å². The maximum atomic E-state index is 8.57. The first-order chi connectivity index (χ1) is 6.63. The van der Waals surface area contributed by atoms with Crippen LogP contribution in [0.4, 0.5) is 0 Å². The standard InChI is InChI=1S/C11H14N2O/c1-8(2)9(3)14-11-5-4-10(6-12)7-13-11/h4-5,7-9H,1-3H3. The molecule has 1 aromatic rings. The van der Waals surface area contributed by atoms with Gasteiger partial charge in [-0.2, -0.15) is 5.26 Å². The third-order valence-electron chi connectivity index (χ3n) is 2.11. The number of aromatic nitrogens is 1. The summed E-state index contributed by atoms with van der Waals surface area (Å²) in [4.78, 5) is 4.03. The topological polar surface area (TPSA) is 45.9 Å². The van der Waals surface area contributed by atoms with Crippen LogP contribution in [0.15, 0.2) is 18.3 Å². The molecule has 1 heterocycles. The van der Waals surface area contributed by atoms with Crippen molar-refractivity contribution in [1.29, 1.82) is 5.26 Å². The fourth-order valence-corrected chi connectivity index (χ4v) is 0.843. The summed E-state index contributed by atoms with van der Waals surface area (Å²) < 4.78 is 5.55. The van der Waals surface area contributed by atoms with Crippen molar-refractivity contribution in [3.05, 3.63) is 23.9 Å². The van der Waals surface area contributed by atoms with E-state index in [1.807, 2.05) is 13.0 Å². The van der Waals surface area contributed by atoms with Crippen molar-refractivity contribution in [2.24, 2.45) is 5.92 Å². The van der Waals surface area contributed by atoms with Crippen LogP contribution in [-0.4, -0.2) is 11.1 Å². The lowest BCUT2D eigenvalue weighted by Crippen LogP contribution is -2.19. The van der Waals surface area contributed by atoms with Crippen molar-refractivity contribution >= 4 is 0 Å². The minimum atomic E-state index is 0.135.